The number of likely N-dealkylation sites (tertiary alicyclic amines) is 1. The number of nitrogens with two attached hydrogens (primary N) is 1. The number of aromatic hydroxyl groups is 1. The molecular weight excluding hydrogens is 518 g/mol. The first-order valence-corrected chi connectivity index (χ1v) is 15.0. The van der Waals surface area contributed by atoms with Gasteiger partial charge in [0.25, 0.3) is 5.91 Å². The molecule has 5 N–H and O–H groups in total. The fraction of sp³-hybridized carbons (Fsp3) is 0.531. The molecule has 0 radical (unpaired) electrons. The van der Waals surface area contributed by atoms with Gasteiger partial charge in [-0.2, -0.15) is 0 Å². The van der Waals surface area contributed by atoms with E-state index in [1.54, 1.807) is 53.4 Å². The summed E-state index contributed by atoms with van der Waals surface area (Å²) < 4.78 is 0.972. The van der Waals surface area contributed by atoms with Gasteiger partial charge in [-0.15, -0.1) is 0 Å². The van der Waals surface area contributed by atoms with Crippen LogP contribution in [0.15, 0.2) is 48.5 Å². The molecule has 2 aromatic carbocycles. The van der Waals surface area contributed by atoms with Crippen LogP contribution in [0.1, 0.15) is 68.8 Å². The number of carbonyl (C=O) groups excluding carboxylic acids is 3. The van der Waals surface area contributed by atoms with E-state index in [1.807, 2.05) is 13.8 Å². The predicted molar refractivity (Wildman–Crippen MR) is 160 cm³/mol. The minimum atomic E-state index is -0.858. The van der Waals surface area contributed by atoms with Crippen molar-refractivity contribution in [3.63, 3.8) is 0 Å². The number of hydrogen-bond donors (Lipinski definition) is 4. The Morgan fingerprint density at radius 2 is 1.73 bits per heavy atom. The van der Waals surface area contributed by atoms with Crippen LogP contribution in [0.25, 0.3) is 0 Å². The minimum Gasteiger partial charge on any atom is -0.508 e. The average molecular weight is 565 g/mol. The molecule has 0 bridgehead atoms. The third-order valence-electron chi connectivity index (χ3n) is 8.28. The summed E-state index contributed by atoms with van der Waals surface area (Å²) in [5.74, 6) is 0.150. The Hall–Kier alpha value is -3.59. The molecule has 1 unspecified atom stereocenters. The number of piperidine rings is 1. The van der Waals surface area contributed by atoms with Crippen LogP contribution in [0.3, 0.4) is 0 Å². The number of amides is 4. The normalized spacial score (nSPS) is 21.2. The van der Waals surface area contributed by atoms with E-state index in [4.69, 9.17) is 5.73 Å². The lowest BCUT2D eigenvalue weighted by atomic mass is 9.96. The number of nitrogens with one attached hydrogen (secondary N) is 2. The van der Waals surface area contributed by atoms with Crippen molar-refractivity contribution in [2.24, 2.45) is 11.7 Å². The van der Waals surface area contributed by atoms with E-state index >= 15 is 0 Å². The Balaban J connectivity index is 1.61. The van der Waals surface area contributed by atoms with Crippen molar-refractivity contribution in [2.45, 2.75) is 77.4 Å². The van der Waals surface area contributed by atoms with E-state index in [0.29, 0.717) is 11.3 Å². The molecule has 1 heterocycles. The minimum absolute atomic E-state index is 0.0170. The molecule has 222 valence electrons. The van der Waals surface area contributed by atoms with Crippen molar-refractivity contribution in [3.8, 4) is 5.75 Å². The van der Waals surface area contributed by atoms with Crippen LogP contribution in [0, 0.1) is 5.92 Å². The fourth-order valence-corrected chi connectivity index (χ4v) is 6.29. The number of anilines is 1. The van der Waals surface area contributed by atoms with Crippen LogP contribution < -0.4 is 16.4 Å². The largest absolute Gasteiger partial charge is 0.508 e. The van der Waals surface area contributed by atoms with Crippen LogP contribution in [0.5, 0.6) is 5.75 Å². The highest BCUT2D eigenvalue weighted by atomic mass is 16.3. The molecule has 3 atom stereocenters. The maximum atomic E-state index is 14.1. The maximum absolute atomic E-state index is 14.1. The molecule has 9 nitrogen and oxygen atoms in total. The maximum Gasteiger partial charge on any atom is 0.323 e. The highest BCUT2D eigenvalue weighted by molar-refractivity contribution is 5.96. The van der Waals surface area contributed by atoms with Gasteiger partial charge in [-0.05, 0) is 87.9 Å². The molecule has 4 rings (SSSR count). The van der Waals surface area contributed by atoms with Crippen LogP contribution >= 0.6 is 0 Å². The van der Waals surface area contributed by atoms with Gasteiger partial charge < -0.3 is 30.9 Å². The first-order valence-electron chi connectivity index (χ1n) is 15.0. The van der Waals surface area contributed by atoms with Gasteiger partial charge in [-0.3, -0.25) is 9.59 Å². The first-order chi connectivity index (χ1) is 19.6. The molecule has 2 aromatic rings. The van der Waals surface area contributed by atoms with E-state index < -0.39 is 11.9 Å². The lowest BCUT2D eigenvalue weighted by Gasteiger charge is -2.48. The van der Waals surface area contributed by atoms with E-state index in [-0.39, 0.29) is 36.2 Å². The lowest BCUT2D eigenvalue weighted by Crippen LogP contribution is -2.64. The van der Waals surface area contributed by atoms with Crippen molar-refractivity contribution in [1.29, 1.82) is 0 Å². The Kier molecular flexibility index (Phi) is 9.91. The number of urea groups is 1. The number of carbonyl (C=O) groups is 3. The predicted octanol–water partition coefficient (Wildman–Crippen LogP) is 4.26. The smallest absolute Gasteiger partial charge is 0.323 e. The Morgan fingerprint density at radius 1 is 1.05 bits per heavy atom. The third-order valence-corrected chi connectivity index (χ3v) is 8.28. The summed E-state index contributed by atoms with van der Waals surface area (Å²) in [7, 11) is 0. The van der Waals surface area contributed by atoms with E-state index in [2.05, 4.69) is 17.6 Å². The van der Waals surface area contributed by atoms with Crippen molar-refractivity contribution in [2.75, 3.05) is 31.5 Å². The Morgan fingerprint density at radius 3 is 2.32 bits per heavy atom. The molecular formula is C32H46N5O4+. The van der Waals surface area contributed by atoms with Crippen molar-refractivity contribution >= 4 is 23.5 Å². The van der Waals surface area contributed by atoms with Crippen molar-refractivity contribution in [3.05, 3.63) is 59.7 Å². The summed E-state index contributed by atoms with van der Waals surface area (Å²) in [6, 6.07) is 12.1. The summed E-state index contributed by atoms with van der Waals surface area (Å²) >= 11 is 0. The first kappa shape index (κ1) is 30.4. The monoisotopic (exact) mass is 564 g/mol. The highest BCUT2D eigenvalue weighted by Crippen LogP contribution is 2.35. The van der Waals surface area contributed by atoms with E-state index in [0.717, 1.165) is 61.4 Å². The quantitative estimate of drug-likeness (QED) is 0.288. The van der Waals surface area contributed by atoms with Crippen molar-refractivity contribution in [1.82, 2.24) is 10.2 Å². The second-order valence-corrected chi connectivity index (χ2v) is 12.2. The van der Waals surface area contributed by atoms with Crippen LogP contribution in [-0.4, -0.2) is 76.6 Å². The van der Waals surface area contributed by atoms with Gasteiger partial charge in [0, 0.05) is 29.6 Å². The average Bonchev–Trinajstić information content (AvgIpc) is 3.73. The standard InChI is InChI=1S/C32H45N5O4/c1-4-17-37(20-24-7-8-24)18-5-6-27(21-37)36(29(30(33)39)19-23-9-15-28(38)16-10-23)32(41)35-26-13-11-25(12-14-26)31(40)34-22(2)3/h9-16,22,24,27,29H,4-8,17-21H2,1-3H3,(H4-,33,34,35,38,39,40,41)/p+1/t27-,29+,37?/m1/s1. The highest BCUT2D eigenvalue weighted by Gasteiger charge is 2.44. The van der Waals surface area contributed by atoms with Gasteiger partial charge in [0.2, 0.25) is 5.91 Å². The van der Waals surface area contributed by atoms with E-state index in [9.17, 15) is 19.5 Å². The van der Waals surface area contributed by atoms with Crippen LogP contribution in [-0.2, 0) is 11.2 Å². The molecule has 1 aliphatic heterocycles. The zero-order valence-electron chi connectivity index (χ0n) is 24.6. The molecule has 0 spiro atoms. The number of phenolic OH excluding ortho intramolecular Hbond substituents is 1. The molecule has 1 saturated carbocycles. The van der Waals surface area contributed by atoms with Gasteiger partial charge in [0.15, 0.2) is 0 Å². The fourth-order valence-electron chi connectivity index (χ4n) is 6.29. The number of hydrogen-bond acceptors (Lipinski definition) is 4. The Bertz CT molecular complexity index is 1190. The van der Waals surface area contributed by atoms with Gasteiger partial charge in [-0.1, -0.05) is 19.1 Å². The molecule has 0 aromatic heterocycles. The van der Waals surface area contributed by atoms with Crippen LogP contribution in [0.2, 0.25) is 0 Å². The number of rotatable bonds is 12. The summed E-state index contributed by atoms with van der Waals surface area (Å²) in [5, 5.41) is 15.6. The molecule has 41 heavy (non-hydrogen) atoms. The van der Waals surface area contributed by atoms with Gasteiger partial charge in [0.1, 0.15) is 11.8 Å². The molecule has 1 aliphatic carbocycles. The summed E-state index contributed by atoms with van der Waals surface area (Å²) in [5.41, 5.74) is 7.86. The zero-order valence-corrected chi connectivity index (χ0v) is 24.6. The molecule has 2 aliphatic rings. The number of quaternary nitrogens is 1. The van der Waals surface area contributed by atoms with Gasteiger partial charge >= 0.3 is 6.03 Å². The van der Waals surface area contributed by atoms with E-state index in [1.165, 1.54) is 12.8 Å². The zero-order chi connectivity index (χ0) is 29.6. The number of benzene rings is 2. The van der Waals surface area contributed by atoms with Crippen LogP contribution in [0.4, 0.5) is 10.5 Å². The molecule has 9 heteroatoms. The molecule has 1 saturated heterocycles. The lowest BCUT2D eigenvalue weighted by molar-refractivity contribution is -0.935. The summed E-state index contributed by atoms with van der Waals surface area (Å²) in [6.45, 7) is 10.1. The number of nitrogens with zero attached hydrogens (tertiary/aromatic N) is 2. The van der Waals surface area contributed by atoms with Crippen molar-refractivity contribution < 1.29 is 24.0 Å². The molecule has 4 amide bonds. The summed E-state index contributed by atoms with van der Waals surface area (Å²) in [4.78, 5) is 41.1. The second-order valence-electron chi connectivity index (χ2n) is 12.2. The topological polar surface area (TPSA) is 125 Å². The SMILES string of the molecule is CCC[N+]1(CC2CC2)CCC[C@@H](N(C(=O)Nc2ccc(C(=O)NC(C)C)cc2)[C@@H](Cc2ccc(O)cc2)C(N)=O)C1. The summed E-state index contributed by atoms with van der Waals surface area (Å²) in [6.07, 6.45) is 5.64. The number of phenols is 1. The third kappa shape index (κ3) is 8.22. The Labute approximate surface area is 243 Å². The number of primary amides is 1. The van der Waals surface area contributed by atoms with Gasteiger partial charge in [-0.25, -0.2) is 4.79 Å². The second kappa shape index (κ2) is 13.4. The van der Waals surface area contributed by atoms with Gasteiger partial charge in [0.05, 0.1) is 32.2 Å². The molecule has 2 fully saturated rings.